The highest BCUT2D eigenvalue weighted by Crippen LogP contribution is 2.16. The van der Waals surface area contributed by atoms with Crippen molar-refractivity contribution in [2.45, 2.75) is 25.5 Å². The second kappa shape index (κ2) is 6.28. The Kier molecular flexibility index (Phi) is 6.03. The van der Waals surface area contributed by atoms with Crippen LogP contribution in [0.5, 0.6) is 0 Å². The molecule has 11 heavy (non-hydrogen) atoms. The Hall–Kier alpha value is -0.440. The van der Waals surface area contributed by atoms with Crippen molar-refractivity contribution in [3.05, 3.63) is 12.0 Å². The maximum absolute atomic E-state index is 11.1. The van der Waals surface area contributed by atoms with Crippen LogP contribution >= 0.6 is 11.8 Å². The van der Waals surface area contributed by atoms with Gasteiger partial charge >= 0.3 is 5.97 Å². The van der Waals surface area contributed by atoms with Crippen LogP contribution in [-0.4, -0.2) is 17.8 Å². The lowest BCUT2D eigenvalue weighted by atomic mass is 10.3. The highest BCUT2D eigenvalue weighted by atomic mass is 32.2. The first-order chi connectivity index (χ1) is 5.26. The van der Waals surface area contributed by atoms with E-state index in [1.807, 2.05) is 13.8 Å². The fourth-order valence-electron chi connectivity index (χ4n) is 0.670. The topological polar surface area (TPSA) is 26.3 Å². The summed E-state index contributed by atoms with van der Waals surface area (Å²) in [5.74, 6) is -0.139. The van der Waals surface area contributed by atoms with Crippen LogP contribution in [0.25, 0.3) is 0 Å². The SMILES string of the molecule is C=CSC(CC)C(=O)OCC. The number of carbonyl (C=O) groups is 1. The van der Waals surface area contributed by atoms with E-state index in [0.717, 1.165) is 6.42 Å². The standard InChI is InChI=1S/C8H14O2S/c1-4-7(11-6-3)8(9)10-5-2/h6-7H,3-5H2,1-2H3. The third kappa shape index (κ3) is 4.09. The van der Waals surface area contributed by atoms with Crippen LogP contribution in [0, 0.1) is 0 Å². The minimum Gasteiger partial charge on any atom is -0.465 e. The van der Waals surface area contributed by atoms with E-state index in [4.69, 9.17) is 4.74 Å². The molecule has 64 valence electrons. The number of carbonyl (C=O) groups excluding carboxylic acids is 1. The molecule has 0 fully saturated rings. The molecule has 0 N–H and O–H groups in total. The number of thioether (sulfide) groups is 1. The Labute approximate surface area is 72.0 Å². The van der Waals surface area contributed by atoms with Crippen molar-refractivity contribution >= 4 is 17.7 Å². The zero-order valence-corrected chi connectivity index (χ0v) is 7.82. The van der Waals surface area contributed by atoms with E-state index in [-0.39, 0.29) is 11.2 Å². The molecule has 0 spiro atoms. The van der Waals surface area contributed by atoms with E-state index in [1.54, 1.807) is 5.41 Å². The summed E-state index contributed by atoms with van der Waals surface area (Å²) in [4.78, 5) is 11.1. The van der Waals surface area contributed by atoms with Crippen molar-refractivity contribution in [1.82, 2.24) is 0 Å². The molecule has 0 aliphatic heterocycles. The van der Waals surface area contributed by atoms with E-state index in [9.17, 15) is 4.79 Å². The van der Waals surface area contributed by atoms with E-state index in [2.05, 4.69) is 6.58 Å². The monoisotopic (exact) mass is 174 g/mol. The van der Waals surface area contributed by atoms with Crippen molar-refractivity contribution < 1.29 is 9.53 Å². The number of hydrogen-bond acceptors (Lipinski definition) is 3. The fraction of sp³-hybridized carbons (Fsp3) is 0.625. The van der Waals surface area contributed by atoms with Crippen LogP contribution in [-0.2, 0) is 9.53 Å². The van der Waals surface area contributed by atoms with E-state index in [1.165, 1.54) is 11.8 Å². The molecular formula is C8H14O2S. The van der Waals surface area contributed by atoms with Gasteiger partial charge in [0.15, 0.2) is 0 Å². The van der Waals surface area contributed by atoms with Gasteiger partial charge in [0.1, 0.15) is 5.25 Å². The lowest BCUT2D eigenvalue weighted by molar-refractivity contribution is -0.142. The van der Waals surface area contributed by atoms with Crippen molar-refractivity contribution in [2.24, 2.45) is 0 Å². The third-order valence-electron chi connectivity index (χ3n) is 1.18. The average Bonchev–Trinajstić information content (AvgIpc) is 2.00. The van der Waals surface area contributed by atoms with E-state index in [0.29, 0.717) is 6.61 Å². The van der Waals surface area contributed by atoms with Crippen LogP contribution < -0.4 is 0 Å². The number of esters is 1. The molecule has 0 radical (unpaired) electrons. The summed E-state index contributed by atoms with van der Waals surface area (Å²) >= 11 is 1.41. The molecule has 0 saturated heterocycles. The number of ether oxygens (including phenoxy) is 1. The second-order valence-corrected chi connectivity index (χ2v) is 3.13. The van der Waals surface area contributed by atoms with Gasteiger partial charge in [0.2, 0.25) is 0 Å². The van der Waals surface area contributed by atoms with Gasteiger partial charge in [-0.1, -0.05) is 13.5 Å². The summed E-state index contributed by atoms with van der Waals surface area (Å²) in [6.07, 6.45) is 0.787. The Morgan fingerprint density at radius 3 is 2.73 bits per heavy atom. The lowest BCUT2D eigenvalue weighted by Gasteiger charge is -2.09. The first-order valence-corrected chi connectivity index (χ1v) is 4.63. The van der Waals surface area contributed by atoms with Crippen molar-refractivity contribution in [3.63, 3.8) is 0 Å². The molecule has 0 bridgehead atoms. The zero-order valence-electron chi connectivity index (χ0n) is 7.00. The summed E-state index contributed by atoms with van der Waals surface area (Å²) in [7, 11) is 0. The first kappa shape index (κ1) is 10.6. The van der Waals surface area contributed by atoms with Crippen LogP contribution in [0.3, 0.4) is 0 Å². The van der Waals surface area contributed by atoms with Crippen LogP contribution in [0.1, 0.15) is 20.3 Å². The Balaban J connectivity index is 3.80. The molecule has 0 amide bonds. The molecule has 0 rings (SSSR count). The van der Waals surface area contributed by atoms with Gasteiger partial charge in [-0.3, -0.25) is 4.79 Å². The highest BCUT2D eigenvalue weighted by molar-refractivity contribution is 8.03. The van der Waals surface area contributed by atoms with E-state index >= 15 is 0 Å². The maximum Gasteiger partial charge on any atom is 0.319 e. The molecule has 0 aromatic rings. The van der Waals surface area contributed by atoms with Crippen molar-refractivity contribution in [2.75, 3.05) is 6.61 Å². The number of rotatable bonds is 5. The predicted molar refractivity (Wildman–Crippen MR) is 48.5 cm³/mol. The minimum absolute atomic E-state index is 0.0764. The van der Waals surface area contributed by atoms with Gasteiger partial charge in [-0.15, -0.1) is 11.8 Å². The van der Waals surface area contributed by atoms with Gasteiger partial charge in [-0.25, -0.2) is 0 Å². The normalized spacial score (nSPS) is 12.2. The number of hydrogen-bond donors (Lipinski definition) is 0. The second-order valence-electron chi connectivity index (χ2n) is 1.95. The molecule has 0 aliphatic rings. The summed E-state index contributed by atoms with van der Waals surface area (Å²) in [6.45, 7) is 7.76. The smallest absolute Gasteiger partial charge is 0.319 e. The molecule has 1 unspecified atom stereocenters. The van der Waals surface area contributed by atoms with Gasteiger partial charge in [0.25, 0.3) is 0 Å². The quantitative estimate of drug-likeness (QED) is 0.598. The summed E-state index contributed by atoms with van der Waals surface area (Å²) in [5, 5.41) is 1.60. The predicted octanol–water partition coefficient (Wildman–Crippen LogP) is 2.20. The fourth-order valence-corrected chi connectivity index (χ4v) is 1.27. The van der Waals surface area contributed by atoms with Gasteiger partial charge in [-0.2, -0.15) is 0 Å². The van der Waals surface area contributed by atoms with Crippen LogP contribution in [0.15, 0.2) is 12.0 Å². The molecule has 3 heteroatoms. The third-order valence-corrected chi connectivity index (χ3v) is 2.23. The zero-order chi connectivity index (χ0) is 8.69. The van der Waals surface area contributed by atoms with Gasteiger partial charge in [0, 0.05) is 0 Å². The van der Waals surface area contributed by atoms with Crippen LogP contribution in [0.4, 0.5) is 0 Å². The van der Waals surface area contributed by atoms with Crippen molar-refractivity contribution in [3.8, 4) is 0 Å². The lowest BCUT2D eigenvalue weighted by Crippen LogP contribution is -2.18. The van der Waals surface area contributed by atoms with Crippen molar-refractivity contribution in [1.29, 1.82) is 0 Å². The molecule has 0 saturated carbocycles. The molecule has 0 heterocycles. The Morgan fingerprint density at radius 1 is 1.73 bits per heavy atom. The molecule has 0 aliphatic carbocycles. The van der Waals surface area contributed by atoms with Gasteiger partial charge < -0.3 is 4.74 Å². The summed E-state index contributed by atoms with van der Waals surface area (Å²) in [5.41, 5.74) is 0. The van der Waals surface area contributed by atoms with Gasteiger partial charge in [-0.05, 0) is 18.8 Å². The Bertz CT molecular complexity index is 134. The average molecular weight is 174 g/mol. The summed E-state index contributed by atoms with van der Waals surface area (Å²) < 4.78 is 4.84. The maximum atomic E-state index is 11.1. The molecule has 2 nitrogen and oxygen atoms in total. The molecule has 0 aromatic carbocycles. The molecule has 0 aromatic heterocycles. The Morgan fingerprint density at radius 2 is 2.36 bits per heavy atom. The first-order valence-electron chi connectivity index (χ1n) is 3.69. The largest absolute Gasteiger partial charge is 0.465 e. The van der Waals surface area contributed by atoms with Gasteiger partial charge in [0.05, 0.1) is 6.61 Å². The highest BCUT2D eigenvalue weighted by Gasteiger charge is 2.15. The van der Waals surface area contributed by atoms with Crippen LogP contribution in [0.2, 0.25) is 0 Å². The molecular weight excluding hydrogens is 160 g/mol. The summed E-state index contributed by atoms with van der Waals surface area (Å²) in [6, 6.07) is 0. The molecule has 1 atom stereocenters. The van der Waals surface area contributed by atoms with E-state index < -0.39 is 0 Å². The minimum atomic E-state index is -0.139.